The highest BCUT2D eigenvalue weighted by molar-refractivity contribution is 5.83. The Bertz CT molecular complexity index is 1040. The average Bonchev–Trinajstić information content (AvgIpc) is 3.06. The van der Waals surface area contributed by atoms with Gasteiger partial charge in [-0.25, -0.2) is 9.97 Å². The fraction of sp³-hybridized carbons (Fsp3) is 0.150. The summed E-state index contributed by atoms with van der Waals surface area (Å²) in [6.07, 6.45) is 0. The summed E-state index contributed by atoms with van der Waals surface area (Å²) in [5, 5.41) is 6.49. The van der Waals surface area contributed by atoms with Crippen molar-refractivity contribution in [3.05, 3.63) is 60.3 Å². The van der Waals surface area contributed by atoms with Crippen molar-refractivity contribution >= 4 is 28.5 Å². The van der Waals surface area contributed by atoms with Crippen LogP contribution < -0.4 is 10.6 Å². The lowest BCUT2D eigenvalue weighted by Crippen LogP contribution is -2.04. The molecule has 0 saturated carbocycles. The Morgan fingerprint density at radius 2 is 1.81 bits per heavy atom. The minimum absolute atomic E-state index is 0.569. The molecule has 4 rings (SSSR count). The Hall–Kier alpha value is -3.41. The molecule has 6 nitrogen and oxygen atoms in total. The maximum absolute atomic E-state index is 4.70. The number of aromatic nitrogens is 4. The Morgan fingerprint density at radius 1 is 0.962 bits per heavy atom. The molecular formula is C20H20N6. The number of H-pyrrole nitrogens is 1. The Labute approximate surface area is 151 Å². The summed E-state index contributed by atoms with van der Waals surface area (Å²) in [5.41, 5.74) is 4.76. The Morgan fingerprint density at radius 3 is 2.62 bits per heavy atom. The summed E-state index contributed by atoms with van der Waals surface area (Å²) < 4.78 is 0. The first-order chi connectivity index (χ1) is 12.7. The molecule has 2 heterocycles. The van der Waals surface area contributed by atoms with E-state index in [9.17, 15) is 0 Å². The quantitative estimate of drug-likeness (QED) is 0.497. The number of rotatable bonds is 5. The van der Waals surface area contributed by atoms with Gasteiger partial charge in [-0.15, -0.1) is 0 Å². The van der Waals surface area contributed by atoms with Crippen molar-refractivity contribution in [2.75, 3.05) is 17.2 Å². The van der Waals surface area contributed by atoms with Gasteiger partial charge in [0.2, 0.25) is 5.95 Å². The predicted octanol–water partition coefficient (Wildman–Crippen LogP) is 4.50. The van der Waals surface area contributed by atoms with Gasteiger partial charge in [0.05, 0.1) is 11.0 Å². The van der Waals surface area contributed by atoms with Crippen LogP contribution in [0.5, 0.6) is 0 Å². The van der Waals surface area contributed by atoms with Gasteiger partial charge in [-0.05, 0) is 32.0 Å². The van der Waals surface area contributed by atoms with Crippen molar-refractivity contribution < 1.29 is 0 Å². The number of hydrogen-bond donors (Lipinski definition) is 3. The number of fused-ring (bicyclic) bond motifs is 1. The van der Waals surface area contributed by atoms with Gasteiger partial charge in [-0.2, -0.15) is 4.98 Å². The molecule has 4 aromatic rings. The third-order valence-electron chi connectivity index (χ3n) is 4.00. The molecule has 0 spiro atoms. The smallest absolute Gasteiger partial charge is 0.229 e. The Balaban J connectivity index is 1.64. The monoisotopic (exact) mass is 344 g/mol. The SMILES string of the molecule is CCNc1cc(C)nc(Nc2ccc3[nH]c(-c4ccccc4)nc3c2)n1. The van der Waals surface area contributed by atoms with E-state index in [-0.39, 0.29) is 0 Å². The topological polar surface area (TPSA) is 78.5 Å². The standard InChI is InChI=1S/C20H20N6/c1-3-21-18-11-13(2)22-20(26-18)23-15-9-10-16-17(12-15)25-19(24-16)14-7-5-4-6-8-14/h4-12H,3H2,1-2H3,(H,24,25)(H2,21,22,23,26). The molecule has 2 aromatic heterocycles. The van der Waals surface area contributed by atoms with E-state index in [0.717, 1.165) is 46.2 Å². The van der Waals surface area contributed by atoms with Crippen LogP contribution in [0.4, 0.5) is 17.5 Å². The maximum Gasteiger partial charge on any atom is 0.229 e. The number of aryl methyl sites for hydroxylation is 1. The molecule has 0 aliphatic heterocycles. The summed E-state index contributed by atoms with van der Waals surface area (Å²) in [4.78, 5) is 17.0. The predicted molar refractivity (Wildman–Crippen MR) is 106 cm³/mol. The van der Waals surface area contributed by atoms with Crippen molar-refractivity contribution in [2.45, 2.75) is 13.8 Å². The van der Waals surface area contributed by atoms with Crippen LogP contribution in [0.25, 0.3) is 22.4 Å². The first-order valence-corrected chi connectivity index (χ1v) is 8.63. The van der Waals surface area contributed by atoms with Gasteiger partial charge < -0.3 is 15.6 Å². The highest BCUT2D eigenvalue weighted by Gasteiger charge is 2.07. The van der Waals surface area contributed by atoms with E-state index in [1.54, 1.807) is 0 Å². The van der Waals surface area contributed by atoms with Crippen molar-refractivity contribution in [3.63, 3.8) is 0 Å². The summed E-state index contributed by atoms with van der Waals surface area (Å²) in [5.74, 6) is 2.24. The van der Waals surface area contributed by atoms with Gasteiger partial charge in [-0.1, -0.05) is 30.3 Å². The van der Waals surface area contributed by atoms with E-state index < -0.39 is 0 Å². The van der Waals surface area contributed by atoms with E-state index in [2.05, 4.69) is 25.6 Å². The van der Waals surface area contributed by atoms with E-state index in [0.29, 0.717) is 5.95 Å². The zero-order chi connectivity index (χ0) is 17.9. The van der Waals surface area contributed by atoms with E-state index in [1.165, 1.54) is 0 Å². The number of benzene rings is 2. The van der Waals surface area contributed by atoms with Crippen molar-refractivity contribution in [2.24, 2.45) is 0 Å². The molecule has 0 fully saturated rings. The molecule has 6 heteroatoms. The lowest BCUT2D eigenvalue weighted by Gasteiger charge is -2.08. The molecule has 0 unspecified atom stereocenters. The normalized spacial score (nSPS) is 10.8. The zero-order valence-electron chi connectivity index (χ0n) is 14.7. The largest absolute Gasteiger partial charge is 0.370 e. The summed E-state index contributed by atoms with van der Waals surface area (Å²) in [6.45, 7) is 4.81. The van der Waals surface area contributed by atoms with Crippen LogP contribution in [0.3, 0.4) is 0 Å². The zero-order valence-corrected chi connectivity index (χ0v) is 14.7. The van der Waals surface area contributed by atoms with E-state index in [1.807, 2.05) is 68.4 Å². The molecule has 0 aliphatic carbocycles. The van der Waals surface area contributed by atoms with E-state index >= 15 is 0 Å². The molecule has 26 heavy (non-hydrogen) atoms. The molecule has 3 N–H and O–H groups in total. The number of nitrogens with one attached hydrogen (secondary N) is 3. The number of aromatic amines is 1. The average molecular weight is 344 g/mol. The molecule has 0 radical (unpaired) electrons. The molecule has 2 aromatic carbocycles. The molecule has 130 valence electrons. The van der Waals surface area contributed by atoms with Crippen LogP contribution in [-0.2, 0) is 0 Å². The minimum atomic E-state index is 0.569. The van der Waals surface area contributed by atoms with Gasteiger partial charge in [0.1, 0.15) is 11.6 Å². The fourth-order valence-corrected chi connectivity index (χ4v) is 2.84. The minimum Gasteiger partial charge on any atom is -0.370 e. The van der Waals surface area contributed by atoms with Crippen LogP contribution in [-0.4, -0.2) is 26.5 Å². The second kappa shape index (κ2) is 6.84. The highest BCUT2D eigenvalue weighted by Crippen LogP contribution is 2.24. The molecular weight excluding hydrogens is 324 g/mol. The van der Waals surface area contributed by atoms with Crippen molar-refractivity contribution in [1.29, 1.82) is 0 Å². The maximum atomic E-state index is 4.70. The summed E-state index contributed by atoms with van der Waals surface area (Å²) >= 11 is 0. The Kier molecular flexibility index (Phi) is 4.23. The summed E-state index contributed by atoms with van der Waals surface area (Å²) in [7, 11) is 0. The van der Waals surface area contributed by atoms with Crippen molar-refractivity contribution in [3.8, 4) is 11.4 Å². The van der Waals surface area contributed by atoms with Crippen LogP contribution in [0.15, 0.2) is 54.6 Å². The number of nitrogens with zero attached hydrogens (tertiary/aromatic N) is 3. The van der Waals surface area contributed by atoms with Crippen LogP contribution in [0, 0.1) is 6.92 Å². The van der Waals surface area contributed by atoms with Crippen molar-refractivity contribution in [1.82, 2.24) is 19.9 Å². The second-order valence-corrected chi connectivity index (χ2v) is 6.06. The second-order valence-electron chi connectivity index (χ2n) is 6.06. The van der Waals surface area contributed by atoms with Crippen LogP contribution in [0.2, 0.25) is 0 Å². The summed E-state index contributed by atoms with van der Waals surface area (Å²) in [6, 6.07) is 18.0. The van der Waals surface area contributed by atoms with Crippen LogP contribution >= 0.6 is 0 Å². The van der Waals surface area contributed by atoms with Gasteiger partial charge >= 0.3 is 0 Å². The van der Waals surface area contributed by atoms with Gasteiger partial charge in [-0.3, -0.25) is 0 Å². The number of anilines is 3. The van der Waals surface area contributed by atoms with Gasteiger partial charge in [0.15, 0.2) is 0 Å². The molecule has 0 saturated heterocycles. The van der Waals surface area contributed by atoms with Crippen LogP contribution in [0.1, 0.15) is 12.6 Å². The first-order valence-electron chi connectivity index (χ1n) is 8.63. The molecule has 0 atom stereocenters. The van der Waals surface area contributed by atoms with E-state index in [4.69, 9.17) is 4.98 Å². The van der Waals surface area contributed by atoms with Gasteiger partial charge in [0, 0.05) is 29.6 Å². The lowest BCUT2D eigenvalue weighted by molar-refractivity contribution is 1.08. The molecule has 0 aliphatic rings. The number of imidazole rings is 1. The van der Waals surface area contributed by atoms with Gasteiger partial charge in [0.25, 0.3) is 0 Å². The third kappa shape index (κ3) is 3.35. The third-order valence-corrected chi connectivity index (χ3v) is 4.00. The number of hydrogen-bond acceptors (Lipinski definition) is 5. The lowest BCUT2D eigenvalue weighted by atomic mass is 10.2. The fourth-order valence-electron chi connectivity index (χ4n) is 2.84. The highest BCUT2D eigenvalue weighted by atomic mass is 15.1. The molecule has 0 bridgehead atoms. The molecule has 0 amide bonds. The first kappa shape index (κ1) is 16.1.